The van der Waals surface area contributed by atoms with Crippen molar-refractivity contribution >= 4 is 28.6 Å². The number of thiazole rings is 1. The highest BCUT2D eigenvalue weighted by Gasteiger charge is 2.28. The van der Waals surface area contributed by atoms with E-state index in [2.05, 4.69) is 18.0 Å². The highest BCUT2D eigenvalue weighted by atomic mass is 32.1. The van der Waals surface area contributed by atoms with Gasteiger partial charge >= 0.3 is 0 Å². The van der Waals surface area contributed by atoms with E-state index < -0.39 is 0 Å². The van der Waals surface area contributed by atoms with E-state index in [1.54, 1.807) is 11.3 Å². The predicted octanol–water partition coefficient (Wildman–Crippen LogP) is 4.58. The number of aromatic nitrogens is 1. The molecular formula is C16H20N2OS2. The van der Waals surface area contributed by atoms with Gasteiger partial charge in [0.25, 0.3) is 5.91 Å². The number of rotatable bonds is 4. The Kier molecular flexibility index (Phi) is 4.40. The predicted molar refractivity (Wildman–Crippen MR) is 89.1 cm³/mol. The lowest BCUT2D eigenvalue weighted by atomic mass is 10.2. The number of hydrogen-bond acceptors (Lipinski definition) is 4. The van der Waals surface area contributed by atoms with Gasteiger partial charge in [0.1, 0.15) is 9.88 Å². The van der Waals surface area contributed by atoms with Crippen LogP contribution < -0.4 is 0 Å². The van der Waals surface area contributed by atoms with Crippen molar-refractivity contribution in [2.24, 2.45) is 0 Å². The minimum absolute atomic E-state index is 0.169. The molecule has 0 N–H and O–H groups in total. The van der Waals surface area contributed by atoms with E-state index in [0.717, 1.165) is 39.8 Å². The summed E-state index contributed by atoms with van der Waals surface area (Å²) in [6, 6.07) is 4.51. The molecule has 1 saturated carbocycles. The average Bonchev–Trinajstić information content (AvgIpc) is 3.20. The summed E-state index contributed by atoms with van der Waals surface area (Å²) in [7, 11) is 0. The molecule has 2 heterocycles. The Morgan fingerprint density at radius 3 is 2.81 bits per heavy atom. The molecule has 0 spiro atoms. The molecule has 2 aromatic heterocycles. The highest BCUT2D eigenvalue weighted by Crippen LogP contribution is 2.33. The van der Waals surface area contributed by atoms with Gasteiger partial charge in [-0.25, -0.2) is 4.98 Å². The third-order valence-corrected chi connectivity index (χ3v) is 6.27. The topological polar surface area (TPSA) is 33.2 Å². The number of aryl methyl sites for hydroxylation is 1. The van der Waals surface area contributed by atoms with E-state index in [9.17, 15) is 4.79 Å². The summed E-state index contributed by atoms with van der Waals surface area (Å²) in [5, 5.41) is 3.01. The van der Waals surface area contributed by atoms with Crippen LogP contribution in [0.3, 0.4) is 0 Å². The summed E-state index contributed by atoms with van der Waals surface area (Å²) < 4.78 is 0. The van der Waals surface area contributed by atoms with Crippen LogP contribution in [0.4, 0.5) is 0 Å². The van der Waals surface area contributed by atoms with Crippen LogP contribution in [0.15, 0.2) is 17.5 Å². The first-order valence-electron chi connectivity index (χ1n) is 7.53. The lowest BCUT2D eigenvalue weighted by molar-refractivity contribution is 0.0697. The second kappa shape index (κ2) is 6.28. The van der Waals surface area contributed by atoms with Crippen LogP contribution in [0.25, 0.3) is 9.88 Å². The van der Waals surface area contributed by atoms with Crippen LogP contribution in [0, 0.1) is 6.92 Å². The lowest BCUT2D eigenvalue weighted by Gasteiger charge is -2.27. The zero-order valence-electron chi connectivity index (χ0n) is 12.5. The summed E-state index contributed by atoms with van der Waals surface area (Å²) in [5.41, 5.74) is 0.866. The Balaban J connectivity index is 1.86. The normalized spacial score (nSPS) is 15.5. The van der Waals surface area contributed by atoms with Crippen LogP contribution in [0.2, 0.25) is 0 Å². The minimum Gasteiger partial charge on any atom is -0.335 e. The largest absolute Gasteiger partial charge is 0.335 e. The second-order valence-electron chi connectivity index (χ2n) is 5.44. The van der Waals surface area contributed by atoms with Crippen molar-refractivity contribution in [1.82, 2.24) is 9.88 Å². The Hall–Kier alpha value is -1.20. The van der Waals surface area contributed by atoms with E-state index in [1.807, 2.05) is 23.3 Å². The van der Waals surface area contributed by atoms with Crippen molar-refractivity contribution in [3.05, 3.63) is 28.1 Å². The highest BCUT2D eigenvalue weighted by molar-refractivity contribution is 7.22. The van der Waals surface area contributed by atoms with Gasteiger partial charge in [-0.15, -0.1) is 22.7 Å². The molecule has 0 aliphatic heterocycles. The molecule has 112 valence electrons. The van der Waals surface area contributed by atoms with Gasteiger partial charge in [-0.05, 0) is 38.1 Å². The maximum atomic E-state index is 12.9. The van der Waals surface area contributed by atoms with E-state index in [-0.39, 0.29) is 5.91 Å². The number of nitrogens with zero attached hydrogens (tertiary/aromatic N) is 2. The zero-order valence-corrected chi connectivity index (χ0v) is 14.1. The average molecular weight is 320 g/mol. The van der Waals surface area contributed by atoms with Crippen molar-refractivity contribution < 1.29 is 4.79 Å². The summed E-state index contributed by atoms with van der Waals surface area (Å²) in [6.07, 6.45) is 4.79. The summed E-state index contributed by atoms with van der Waals surface area (Å²) in [5.74, 6) is 0.169. The van der Waals surface area contributed by atoms with Gasteiger partial charge in [-0.2, -0.15) is 0 Å². The first-order chi connectivity index (χ1) is 10.2. The molecule has 5 heteroatoms. The summed E-state index contributed by atoms with van der Waals surface area (Å²) >= 11 is 3.21. The van der Waals surface area contributed by atoms with Gasteiger partial charge in [-0.1, -0.05) is 18.9 Å². The third kappa shape index (κ3) is 2.90. The standard InChI is InChI=1S/C16H20N2OS2/c1-3-18(12-7-4-5-8-12)16(19)14-11(2)17-15(21-14)13-9-6-10-20-13/h6,9-10,12H,3-5,7-8H2,1-2H3. The Bertz CT molecular complexity index is 612. The molecule has 1 aliphatic carbocycles. The number of thiophene rings is 1. The van der Waals surface area contributed by atoms with Crippen LogP contribution in [0.1, 0.15) is 48.0 Å². The molecule has 3 nitrogen and oxygen atoms in total. The van der Waals surface area contributed by atoms with Gasteiger partial charge in [0.2, 0.25) is 0 Å². The lowest BCUT2D eigenvalue weighted by Crippen LogP contribution is -2.38. The maximum Gasteiger partial charge on any atom is 0.266 e. The molecule has 0 saturated heterocycles. The van der Waals surface area contributed by atoms with Crippen molar-refractivity contribution in [2.75, 3.05) is 6.54 Å². The SMILES string of the molecule is CCN(C(=O)c1sc(-c2cccs2)nc1C)C1CCCC1. The van der Waals surface area contributed by atoms with Gasteiger partial charge in [0.15, 0.2) is 0 Å². The Morgan fingerprint density at radius 2 is 2.19 bits per heavy atom. The summed E-state index contributed by atoms with van der Waals surface area (Å²) in [6.45, 7) is 4.81. The molecule has 0 atom stereocenters. The molecule has 2 aromatic rings. The van der Waals surface area contributed by atoms with Gasteiger partial charge in [-0.3, -0.25) is 4.79 Å². The maximum absolute atomic E-state index is 12.9. The molecule has 0 bridgehead atoms. The van der Waals surface area contributed by atoms with E-state index in [1.165, 1.54) is 24.2 Å². The molecule has 0 unspecified atom stereocenters. The van der Waals surface area contributed by atoms with Crippen molar-refractivity contribution in [1.29, 1.82) is 0 Å². The van der Waals surface area contributed by atoms with Crippen LogP contribution >= 0.6 is 22.7 Å². The monoisotopic (exact) mass is 320 g/mol. The zero-order chi connectivity index (χ0) is 14.8. The third-order valence-electron chi connectivity index (χ3n) is 4.09. The molecule has 0 radical (unpaired) electrons. The molecule has 3 rings (SSSR count). The van der Waals surface area contributed by atoms with Gasteiger partial charge < -0.3 is 4.90 Å². The Labute approximate surface area is 133 Å². The quantitative estimate of drug-likeness (QED) is 0.826. The van der Waals surface area contributed by atoms with Crippen molar-refractivity contribution in [3.63, 3.8) is 0 Å². The molecule has 1 amide bonds. The fourth-order valence-corrected chi connectivity index (χ4v) is 4.83. The first-order valence-corrected chi connectivity index (χ1v) is 9.22. The molecule has 1 fully saturated rings. The molecule has 0 aromatic carbocycles. The van der Waals surface area contributed by atoms with E-state index in [0.29, 0.717) is 6.04 Å². The van der Waals surface area contributed by atoms with Crippen LogP contribution in [-0.2, 0) is 0 Å². The van der Waals surface area contributed by atoms with Crippen LogP contribution in [-0.4, -0.2) is 28.4 Å². The second-order valence-corrected chi connectivity index (χ2v) is 7.39. The fourth-order valence-electron chi connectivity index (χ4n) is 3.01. The number of carbonyl (C=O) groups excluding carboxylic acids is 1. The van der Waals surface area contributed by atoms with Crippen LogP contribution in [0.5, 0.6) is 0 Å². The van der Waals surface area contributed by atoms with E-state index in [4.69, 9.17) is 0 Å². The Morgan fingerprint density at radius 1 is 1.43 bits per heavy atom. The molecule has 21 heavy (non-hydrogen) atoms. The van der Waals surface area contributed by atoms with Gasteiger partial charge in [0.05, 0.1) is 10.6 Å². The molecular weight excluding hydrogens is 300 g/mol. The summed E-state index contributed by atoms with van der Waals surface area (Å²) in [4.78, 5) is 21.5. The number of hydrogen-bond donors (Lipinski definition) is 0. The van der Waals surface area contributed by atoms with Crippen molar-refractivity contribution in [2.45, 2.75) is 45.6 Å². The van der Waals surface area contributed by atoms with Gasteiger partial charge in [0, 0.05) is 12.6 Å². The fraction of sp³-hybridized carbons (Fsp3) is 0.500. The smallest absolute Gasteiger partial charge is 0.266 e. The number of amides is 1. The van der Waals surface area contributed by atoms with Crippen molar-refractivity contribution in [3.8, 4) is 9.88 Å². The van der Waals surface area contributed by atoms with E-state index >= 15 is 0 Å². The number of carbonyl (C=O) groups is 1. The molecule has 1 aliphatic rings. The first kappa shape index (κ1) is 14.7. The minimum atomic E-state index is 0.169.